The Hall–Kier alpha value is -2.73. The van der Waals surface area contributed by atoms with Crippen molar-refractivity contribution in [1.82, 2.24) is 4.37 Å². The quantitative estimate of drug-likeness (QED) is 0.175. The van der Waals surface area contributed by atoms with Crippen LogP contribution in [0.4, 0.5) is 4.39 Å². The van der Waals surface area contributed by atoms with E-state index < -0.39 is 4.94 Å². The topological polar surface area (TPSA) is 43.1 Å². The molecule has 1 saturated carbocycles. The average molecular weight is 623 g/mol. The summed E-state index contributed by atoms with van der Waals surface area (Å²) in [6, 6.07) is 21.0. The highest BCUT2D eigenvalue weighted by Crippen LogP contribution is 2.43. The molecule has 218 valence electrons. The van der Waals surface area contributed by atoms with E-state index in [1.165, 1.54) is 48.0 Å². The zero-order valence-corrected chi connectivity index (χ0v) is 25.8. The molecule has 1 unspecified atom stereocenters. The average Bonchev–Trinajstić information content (AvgIpc) is 3.58. The fraction of sp³-hybridized carbons (Fsp3) is 0.371. The van der Waals surface area contributed by atoms with Crippen LogP contribution >= 0.6 is 34.7 Å². The van der Waals surface area contributed by atoms with Crippen molar-refractivity contribution in [2.75, 3.05) is 6.67 Å². The summed E-state index contributed by atoms with van der Waals surface area (Å²) >= 11 is 13.9. The van der Waals surface area contributed by atoms with Gasteiger partial charge in [-0.05, 0) is 120 Å². The number of allylic oxidation sites excluding steroid dienone is 1. The molecule has 0 spiro atoms. The first-order valence-electron chi connectivity index (χ1n) is 14.9. The molecule has 2 atom stereocenters. The third kappa shape index (κ3) is 6.59. The third-order valence-corrected chi connectivity index (χ3v) is 9.89. The van der Waals surface area contributed by atoms with E-state index >= 15 is 0 Å². The van der Waals surface area contributed by atoms with E-state index in [9.17, 15) is 9.18 Å². The van der Waals surface area contributed by atoms with Crippen LogP contribution in [0.2, 0.25) is 10.0 Å². The Morgan fingerprint density at radius 3 is 2.45 bits per heavy atom. The van der Waals surface area contributed by atoms with E-state index in [4.69, 9.17) is 27.6 Å². The highest BCUT2D eigenvalue weighted by atomic mass is 35.5. The summed E-state index contributed by atoms with van der Waals surface area (Å²) in [6.07, 6.45) is 10.5. The third-order valence-electron chi connectivity index (χ3n) is 8.85. The fourth-order valence-corrected chi connectivity index (χ4v) is 7.79. The van der Waals surface area contributed by atoms with Crippen LogP contribution < -0.4 is 4.94 Å². The first kappa shape index (κ1) is 29.3. The molecule has 0 amide bonds. The van der Waals surface area contributed by atoms with Crippen molar-refractivity contribution in [2.45, 2.75) is 64.2 Å². The second-order valence-electron chi connectivity index (χ2n) is 11.7. The lowest BCUT2D eigenvalue weighted by Gasteiger charge is -2.18. The minimum atomic E-state index is -0.398. The van der Waals surface area contributed by atoms with Crippen LogP contribution in [0.3, 0.4) is 0 Å². The van der Waals surface area contributed by atoms with Crippen molar-refractivity contribution in [2.24, 2.45) is 11.8 Å². The van der Waals surface area contributed by atoms with Gasteiger partial charge in [-0.1, -0.05) is 78.9 Å². The Bertz CT molecular complexity index is 1640. The summed E-state index contributed by atoms with van der Waals surface area (Å²) in [5, 5.41) is 1.27. The minimum Gasteiger partial charge on any atom is -0.394 e. The van der Waals surface area contributed by atoms with Crippen molar-refractivity contribution in [3.05, 3.63) is 108 Å². The van der Waals surface area contributed by atoms with E-state index in [0.717, 1.165) is 71.8 Å². The van der Waals surface area contributed by atoms with Crippen LogP contribution in [-0.4, -0.2) is 11.0 Å². The molecule has 3 nitrogen and oxygen atoms in total. The number of fused-ring (bicyclic) bond motifs is 1. The van der Waals surface area contributed by atoms with Crippen LogP contribution in [0.25, 0.3) is 22.6 Å². The maximum Gasteiger partial charge on any atom is 0.414 e. The van der Waals surface area contributed by atoms with Gasteiger partial charge in [0.25, 0.3) is 0 Å². The molecule has 1 fully saturated rings. The predicted molar refractivity (Wildman–Crippen MR) is 172 cm³/mol. The Balaban J connectivity index is 1.34. The van der Waals surface area contributed by atoms with Gasteiger partial charge in [0.1, 0.15) is 0 Å². The number of alkyl halides is 1. The lowest BCUT2D eigenvalue weighted by atomic mass is 9.86. The van der Waals surface area contributed by atoms with Crippen molar-refractivity contribution in [1.29, 1.82) is 0 Å². The lowest BCUT2D eigenvalue weighted by Crippen LogP contribution is -2.02. The molecule has 0 bridgehead atoms. The lowest BCUT2D eigenvalue weighted by molar-refractivity contribution is 0.407. The largest absolute Gasteiger partial charge is 0.414 e. The molecule has 1 heterocycles. The van der Waals surface area contributed by atoms with Gasteiger partial charge in [0.15, 0.2) is 0 Å². The Kier molecular flexibility index (Phi) is 9.28. The molecule has 3 aromatic carbocycles. The predicted octanol–water partition coefficient (Wildman–Crippen LogP) is 10.5. The van der Waals surface area contributed by atoms with Crippen molar-refractivity contribution >= 4 is 45.9 Å². The summed E-state index contributed by atoms with van der Waals surface area (Å²) in [4.78, 5) is 11.3. The number of nitrogens with zero attached hydrogens (tertiary/aromatic N) is 1. The number of hydrogen-bond acceptors (Lipinski definition) is 4. The number of hydrogen-bond donors (Lipinski definition) is 0. The molecule has 4 aromatic rings. The molecular weight excluding hydrogens is 588 g/mol. The maximum atomic E-state index is 12.5. The highest BCUT2D eigenvalue weighted by molar-refractivity contribution is 7.02. The summed E-state index contributed by atoms with van der Waals surface area (Å²) < 4.78 is 22.0. The number of rotatable bonds is 9. The summed E-state index contributed by atoms with van der Waals surface area (Å²) in [5.41, 5.74) is 9.10. The number of benzene rings is 3. The second kappa shape index (κ2) is 13.3. The van der Waals surface area contributed by atoms with Gasteiger partial charge in [-0.2, -0.15) is 0 Å². The molecule has 0 saturated heterocycles. The number of unbranched alkanes of at least 4 members (excludes halogenated alkanes) is 1. The molecule has 2 aliphatic carbocycles. The first-order valence-corrected chi connectivity index (χ1v) is 16.5. The van der Waals surface area contributed by atoms with Crippen molar-refractivity contribution < 1.29 is 8.81 Å². The molecule has 1 aromatic heterocycles. The Labute approximate surface area is 260 Å². The van der Waals surface area contributed by atoms with Gasteiger partial charge in [0.2, 0.25) is 5.89 Å². The Morgan fingerprint density at radius 1 is 0.905 bits per heavy atom. The molecule has 7 heteroatoms. The van der Waals surface area contributed by atoms with Gasteiger partial charge in [-0.3, -0.25) is 4.39 Å². The SMILES string of the molecule is O=c1oc(-c2ccc3c(c2)CCCC(c2ccc(Cl)cc2Cl)=C3c2ccc(C[C@H]3CCC(CCCCF)C3)cc2)ns1. The standard InChI is InChI=1S/C35H34Cl2FNO2S/c36-28-14-16-30(32(37)21-28)31-6-3-5-26-20-27(34-39-42-35(40)41-34)13-15-29(26)33(31)25-11-9-23(10-12-25)19-24-8-7-22(18-24)4-1-2-17-38/h9-16,20-22,24H,1-8,17-19H2/t22?,24-/m0/s1. The molecule has 6 rings (SSSR count). The first-order chi connectivity index (χ1) is 20.5. The van der Waals surface area contributed by atoms with E-state index in [1.54, 1.807) is 0 Å². The van der Waals surface area contributed by atoms with Gasteiger partial charge in [0, 0.05) is 15.6 Å². The summed E-state index contributed by atoms with van der Waals surface area (Å²) in [6.45, 7) is -0.194. The minimum absolute atomic E-state index is 0.194. The van der Waals surface area contributed by atoms with Gasteiger partial charge in [-0.15, -0.1) is 4.37 Å². The van der Waals surface area contributed by atoms with Crippen molar-refractivity contribution in [3.63, 3.8) is 0 Å². The van der Waals surface area contributed by atoms with Gasteiger partial charge in [0.05, 0.1) is 18.2 Å². The molecule has 0 N–H and O–H groups in total. The highest BCUT2D eigenvalue weighted by Gasteiger charge is 2.25. The normalized spacial score (nSPS) is 18.7. The molecule has 0 radical (unpaired) electrons. The van der Waals surface area contributed by atoms with Gasteiger partial charge in [-0.25, -0.2) is 4.79 Å². The van der Waals surface area contributed by atoms with Crippen LogP contribution in [0, 0.1) is 11.8 Å². The molecule has 2 aliphatic rings. The number of halogens is 3. The molecular formula is C35H34Cl2FNO2S. The zero-order valence-electron chi connectivity index (χ0n) is 23.5. The number of aryl methyl sites for hydroxylation is 1. The smallest absolute Gasteiger partial charge is 0.394 e. The van der Waals surface area contributed by atoms with Gasteiger partial charge >= 0.3 is 4.94 Å². The van der Waals surface area contributed by atoms with E-state index in [1.807, 2.05) is 24.3 Å². The zero-order chi connectivity index (χ0) is 29.1. The van der Waals surface area contributed by atoms with E-state index in [-0.39, 0.29) is 6.67 Å². The Morgan fingerprint density at radius 2 is 1.69 bits per heavy atom. The second-order valence-corrected chi connectivity index (χ2v) is 13.2. The molecule has 0 aliphatic heterocycles. The number of aromatic nitrogens is 1. The van der Waals surface area contributed by atoms with Crippen molar-refractivity contribution in [3.8, 4) is 11.5 Å². The summed E-state index contributed by atoms with van der Waals surface area (Å²) in [7, 11) is 0. The summed E-state index contributed by atoms with van der Waals surface area (Å²) in [5.74, 6) is 1.82. The van der Waals surface area contributed by atoms with Crippen LogP contribution in [-0.2, 0) is 12.8 Å². The van der Waals surface area contributed by atoms with Crippen LogP contribution in [0.15, 0.2) is 69.9 Å². The van der Waals surface area contributed by atoms with Crippen LogP contribution in [0.5, 0.6) is 0 Å². The van der Waals surface area contributed by atoms with E-state index in [0.29, 0.717) is 28.3 Å². The van der Waals surface area contributed by atoms with Crippen LogP contribution in [0.1, 0.15) is 79.2 Å². The molecule has 42 heavy (non-hydrogen) atoms. The van der Waals surface area contributed by atoms with Gasteiger partial charge < -0.3 is 4.42 Å². The monoisotopic (exact) mass is 621 g/mol. The maximum absolute atomic E-state index is 12.5. The fourth-order valence-electron chi connectivity index (χ4n) is 6.85. The van der Waals surface area contributed by atoms with E-state index in [2.05, 4.69) is 40.8 Å².